The zero-order valence-corrected chi connectivity index (χ0v) is 18.1. The highest BCUT2D eigenvalue weighted by molar-refractivity contribution is 7.99. The molecule has 1 fully saturated rings. The number of nitrogens with one attached hydrogen (secondary N) is 1. The first-order valence-corrected chi connectivity index (χ1v) is 12.2. The van der Waals surface area contributed by atoms with Crippen molar-refractivity contribution in [1.29, 1.82) is 0 Å². The minimum atomic E-state index is -3.47. The maximum Gasteiger partial charge on any atom is 0.243 e. The van der Waals surface area contributed by atoms with Crippen LogP contribution < -0.4 is 5.32 Å². The fraction of sp³-hybridized carbons (Fsp3) is 0.450. The van der Waals surface area contributed by atoms with Gasteiger partial charge >= 0.3 is 0 Å². The van der Waals surface area contributed by atoms with Crippen molar-refractivity contribution in [2.24, 2.45) is 0 Å². The predicted octanol–water partition coefficient (Wildman–Crippen LogP) is 3.47. The van der Waals surface area contributed by atoms with Crippen LogP contribution in [0.4, 0.5) is 5.69 Å². The van der Waals surface area contributed by atoms with Crippen LogP contribution >= 0.6 is 11.8 Å². The lowest BCUT2D eigenvalue weighted by atomic mass is 10.2. The number of hydrogen-bond donors (Lipinski definition) is 1. The van der Waals surface area contributed by atoms with Crippen molar-refractivity contribution in [3.05, 3.63) is 42.4 Å². The van der Waals surface area contributed by atoms with E-state index < -0.39 is 10.0 Å². The SMILES string of the molecule is Cc1cc(SCCC(=O)Nc2ccc(S(=O)(=O)N3CCCCCC3)cc2)ncn1. The summed E-state index contributed by atoms with van der Waals surface area (Å²) in [6.45, 7) is 3.05. The van der Waals surface area contributed by atoms with Crippen LogP contribution in [0.1, 0.15) is 37.8 Å². The van der Waals surface area contributed by atoms with Crippen LogP contribution in [0.2, 0.25) is 0 Å². The van der Waals surface area contributed by atoms with E-state index in [0.29, 0.717) is 31.0 Å². The van der Waals surface area contributed by atoms with Crippen molar-refractivity contribution in [1.82, 2.24) is 14.3 Å². The van der Waals surface area contributed by atoms with Crippen molar-refractivity contribution in [2.45, 2.75) is 48.9 Å². The molecule has 0 unspecified atom stereocenters. The van der Waals surface area contributed by atoms with Gasteiger partial charge in [0, 0.05) is 36.6 Å². The van der Waals surface area contributed by atoms with Crippen molar-refractivity contribution in [3.8, 4) is 0 Å². The highest BCUT2D eigenvalue weighted by atomic mass is 32.2. The Bertz CT molecular complexity index is 925. The molecule has 0 bridgehead atoms. The number of benzene rings is 1. The summed E-state index contributed by atoms with van der Waals surface area (Å²) >= 11 is 1.50. The van der Waals surface area contributed by atoms with Crippen LogP contribution in [-0.4, -0.2) is 47.4 Å². The first-order valence-electron chi connectivity index (χ1n) is 9.77. The van der Waals surface area contributed by atoms with E-state index in [9.17, 15) is 13.2 Å². The number of rotatable bonds is 7. The fourth-order valence-corrected chi connectivity index (χ4v) is 5.51. The molecule has 1 saturated heterocycles. The predicted molar refractivity (Wildman–Crippen MR) is 114 cm³/mol. The largest absolute Gasteiger partial charge is 0.326 e. The van der Waals surface area contributed by atoms with E-state index in [1.807, 2.05) is 13.0 Å². The third-order valence-corrected chi connectivity index (χ3v) is 7.54. The van der Waals surface area contributed by atoms with E-state index in [2.05, 4.69) is 15.3 Å². The molecule has 0 radical (unpaired) electrons. The zero-order valence-electron chi connectivity index (χ0n) is 16.5. The first kappa shape index (κ1) is 21.7. The summed E-state index contributed by atoms with van der Waals surface area (Å²) in [5, 5.41) is 3.66. The molecular weight excluding hydrogens is 408 g/mol. The van der Waals surface area contributed by atoms with E-state index in [1.54, 1.807) is 28.6 Å². The monoisotopic (exact) mass is 434 g/mol. The summed E-state index contributed by atoms with van der Waals surface area (Å²) in [7, 11) is -3.47. The molecule has 1 aromatic carbocycles. The first-order chi connectivity index (χ1) is 13.9. The second kappa shape index (κ2) is 10.2. The molecule has 1 aliphatic heterocycles. The third-order valence-electron chi connectivity index (χ3n) is 4.70. The Morgan fingerprint density at radius 3 is 2.45 bits per heavy atom. The van der Waals surface area contributed by atoms with Gasteiger partial charge in [-0.05, 0) is 50.1 Å². The molecule has 1 N–H and O–H groups in total. The number of nitrogens with zero attached hydrogens (tertiary/aromatic N) is 3. The summed E-state index contributed by atoms with van der Waals surface area (Å²) in [6, 6.07) is 8.29. The Morgan fingerprint density at radius 2 is 1.79 bits per heavy atom. The molecule has 1 amide bonds. The van der Waals surface area contributed by atoms with Crippen molar-refractivity contribution < 1.29 is 13.2 Å². The zero-order chi connectivity index (χ0) is 20.7. The van der Waals surface area contributed by atoms with Gasteiger partial charge in [-0.3, -0.25) is 4.79 Å². The Labute approximate surface area is 176 Å². The van der Waals surface area contributed by atoms with Crippen molar-refractivity contribution >= 4 is 33.4 Å². The van der Waals surface area contributed by atoms with Crippen LogP contribution in [0.15, 0.2) is 46.6 Å². The molecule has 2 aromatic rings. The molecule has 1 aliphatic rings. The highest BCUT2D eigenvalue weighted by Crippen LogP contribution is 2.22. The molecule has 2 heterocycles. The maximum absolute atomic E-state index is 12.8. The van der Waals surface area contributed by atoms with Gasteiger partial charge in [0.2, 0.25) is 15.9 Å². The number of amides is 1. The van der Waals surface area contributed by atoms with Crippen molar-refractivity contribution in [2.75, 3.05) is 24.2 Å². The average molecular weight is 435 g/mol. The van der Waals surface area contributed by atoms with Gasteiger partial charge in [0.15, 0.2) is 0 Å². The lowest BCUT2D eigenvalue weighted by Gasteiger charge is -2.20. The van der Waals surface area contributed by atoms with E-state index >= 15 is 0 Å². The quantitative estimate of drug-likeness (QED) is 0.530. The standard InChI is InChI=1S/C20H26N4O3S2/c1-16-14-20(22-15-21-16)28-13-10-19(25)23-17-6-8-18(9-7-17)29(26,27)24-11-4-2-3-5-12-24/h6-9,14-15H,2-5,10-13H2,1H3,(H,23,25). The number of carbonyl (C=O) groups excluding carboxylic acids is 1. The Balaban J connectivity index is 1.52. The van der Waals surface area contributed by atoms with E-state index in [-0.39, 0.29) is 10.8 Å². The minimum absolute atomic E-state index is 0.119. The Hall–Kier alpha value is -1.97. The number of thioether (sulfide) groups is 1. The molecule has 156 valence electrons. The van der Waals surface area contributed by atoms with Gasteiger partial charge in [-0.1, -0.05) is 12.8 Å². The number of sulfonamides is 1. The van der Waals surface area contributed by atoms with Crippen LogP contribution in [0.3, 0.4) is 0 Å². The van der Waals surface area contributed by atoms with Gasteiger partial charge in [0.05, 0.1) is 9.92 Å². The van der Waals surface area contributed by atoms with E-state index in [1.165, 1.54) is 18.1 Å². The molecule has 0 saturated carbocycles. The Morgan fingerprint density at radius 1 is 1.10 bits per heavy atom. The third kappa shape index (κ3) is 6.25. The van der Waals surface area contributed by atoms with Crippen LogP contribution in [0.25, 0.3) is 0 Å². The van der Waals surface area contributed by atoms with Crippen LogP contribution in [0, 0.1) is 6.92 Å². The lowest BCUT2D eigenvalue weighted by Crippen LogP contribution is -2.31. The Kier molecular flexibility index (Phi) is 7.63. The van der Waals surface area contributed by atoms with Crippen LogP contribution in [0.5, 0.6) is 0 Å². The fourth-order valence-electron chi connectivity index (χ4n) is 3.12. The molecule has 0 aliphatic carbocycles. The normalized spacial score (nSPS) is 15.6. The molecule has 3 rings (SSSR count). The van der Waals surface area contributed by atoms with Crippen LogP contribution in [-0.2, 0) is 14.8 Å². The summed E-state index contributed by atoms with van der Waals surface area (Å²) in [6.07, 6.45) is 5.80. The second-order valence-corrected chi connectivity index (χ2v) is 10.0. The molecule has 7 nitrogen and oxygen atoms in total. The summed E-state index contributed by atoms with van der Waals surface area (Å²) in [5.41, 5.74) is 1.48. The smallest absolute Gasteiger partial charge is 0.243 e. The summed E-state index contributed by atoms with van der Waals surface area (Å²) < 4.78 is 27.2. The van der Waals surface area contributed by atoms with Gasteiger partial charge < -0.3 is 5.32 Å². The maximum atomic E-state index is 12.8. The summed E-state index contributed by atoms with van der Waals surface area (Å²) in [4.78, 5) is 20.6. The highest BCUT2D eigenvalue weighted by Gasteiger charge is 2.24. The van der Waals surface area contributed by atoms with E-state index in [4.69, 9.17) is 0 Å². The lowest BCUT2D eigenvalue weighted by molar-refractivity contribution is -0.115. The topological polar surface area (TPSA) is 92.3 Å². The minimum Gasteiger partial charge on any atom is -0.326 e. The molecular formula is C20H26N4O3S2. The molecule has 1 aromatic heterocycles. The number of hydrogen-bond acceptors (Lipinski definition) is 6. The van der Waals surface area contributed by atoms with Gasteiger partial charge in [0.1, 0.15) is 6.33 Å². The molecule has 0 atom stereocenters. The number of aryl methyl sites for hydroxylation is 1. The number of aromatic nitrogens is 2. The molecule has 29 heavy (non-hydrogen) atoms. The average Bonchev–Trinajstić information content (AvgIpc) is 2.99. The number of carbonyl (C=O) groups is 1. The number of anilines is 1. The second-order valence-electron chi connectivity index (χ2n) is 6.99. The van der Waals surface area contributed by atoms with Gasteiger partial charge in [-0.25, -0.2) is 18.4 Å². The van der Waals surface area contributed by atoms with Crippen molar-refractivity contribution in [3.63, 3.8) is 0 Å². The van der Waals surface area contributed by atoms with E-state index in [0.717, 1.165) is 36.4 Å². The van der Waals surface area contributed by atoms with Gasteiger partial charge in [-0.15, -0.1) is 11.8 Å². The summed E-state index contributed by atoms with van der Waals surface area (Å²) in [5.74, 6) is 0.482. The van der Waals surface area contributed by atoms with Gasteiger partial charge in [0.25, 0.3) is 0 Å². The molecule has 9 heteroatoms. The van der Waals surface area contributed by atoms with Gasteiger partial charge in [-0.2, -0.15) is 4.31 Å². The molecule has 0 spiro atoms.